The number of hydrogen-bond acceptors (Lipinski definition) is 6. The lowest BCUT2D eigenvalue weighted by Crippen LogP contribution is -2.49. The molecule has 0 radical (unpaired) electrons. The summed E-state index contributed by atoms with van der Waals surface area (Å²) in [7, 11) is -4.24. The maximum atomic E-state index is 13.4. The molecule has 38 heavy (non-hydrogen) atoms. The molecule has 0 spiro atoms. The van der Waals surface area contributed by atoms with Crippen molar-refractivity contribution in [3.63, 3.8) is 0 Å². The number of likely N-dealkylation sites (N-methyl/N-ethyl adjacent to an activating group) is 1. The van der Waals surface area contributed by atoms with Crippen LogP contribution >= 0.6 is 0 Å². The minimum Gasteiger partial charge on any atom is -0.495 e. The third-order valence-corrected chi connectivity index (χ3v) is 10.9. The van der Waals surface area contributed by atoms with Crippen LogP contribution < -0.4 is 9.64 Å². The zero-order chi connectivity index (χ0) is 27.5. The summed E-state index contributed by atoms with van der Waals surface area (Å²) in [6, 6.07) is 20.0. The van der Waals surface area contributed by atoms with E-state index in [0.717, 1.165) is 11.1 Å². The monoisotopic (exact) mass is 557 g/mol. The molecule has 10 heteroatoms. The molecule has 0 aromatic heterocycles. The van der Waals surface area contributed by atoms with Crippen LogP contribution in [0.3, 0.4) is 0 Å². The van der Waals surface area contributed by atoms with Crippen LogP contribution in [0.2, 0.25) is 0 Å². The van der Waals surface area contributed by atoms with Crippen molar-refractivity contribution in [2.75, 3.05) is 51.8 Å². The normalized spacial score (nSPS) is 15.1. The number of sulfonamides is 2. The van der Waals surface area contributed by atoms with E-state index >= 15 is 0 Å². The second kappa shape index (κ2) is 11.4. The number of ether oxygens (including phenoxy) is 1. The number of piperazine rings is 1. The maximum absolute atomic E-state index is 13.4. The minimum atomic E-state index is -3.73. The predicted octanol–water partition coefficient (Wildman–Crippen LogP) is 3.69. The number of nitrogens with zero attached hydrogens (tertiary/aromatic N) is 3. The Morgan fingerprint density at radius 3 is 2.21 bits per heavy atom. The van der Waals surface area contributed by atoms with Gasteiger partial charge in [-0.2, -0.15) is 4.31 Å². The highest BCUT2D eigenvalue weighted by Crippen LogP contribution is 2.33. The van der Waals surface area contributed by atoms with Crippen LogP contribution in [0.4, 0.5) is 5.69 Å². The van der Waals surface area contributed by atoms with E-state index in [0.29, 0.717) is 48.0 Å². The fourth-order valence-corrected chi connectivity index (χ4v) is 7.53. The van der Waals surface area contributed by atoms with Crippen molar-refractivity contribution in [3.8, 4) is 5.75 Å². The summed E-state index contributed by atoms with van der Waals surface area (Å²) in [6.45, 7) is 5.42. The first-order valence-electron chi connectivity index (χ1n) is 12.5. The number of hydrogen-bond donors (Lipinski definition) is 0. The molecule has 1 aliphatic heterocycles. The maximum Gasteiger partial charge on any atom is 0.243 e. The van der Waals surface area contributed by atoms with Crippen molar-refractivity contribution in [1.82, 2.24) is 8.61 Å². The Morgan fingerprint density at radius 1 is 0.868 bits per heavy atom. The second-order valence-corrected chi connectivity index (χ2v) is 13.5. The first kappa shape index (κ1) is 28.1. The summed E-state index contributed by atoms with van der Waals surface area (Å²) in [4.78, 5) is 2.49. The van der Waals surface area contributed by atoms with Gasteiger partial charge in [-0.05, 0) is 61.2 Å². The van der Waals surface area contributed by atoms with Crippen LogP contribution in [-0.2, 0) is 26.5 Å². The Morgan fingerprint density at radius 2 is 1.55 bits per heavy atom. The summed E-state index contributed by atoms with van der Waals surface area (Å²) in [5.41, 5.74) is 3.31. The van der Waals surface area contributed by atoms with Gasteiger partial charge in [-0.25, -0.2) is 21.1 Å². The number of rotatable bonds is 9. The molecule has 1 fully saturated rings. The Balaban J connectivity index is 1.51. The molecule has 0 saturated carbocycles. The lowest BCUT2D eigenvalue weighted by molar-refractivity contribution is 0.378. The largest absolute Gasteiger partial charge is 0.495 e. The van der Waals surface area contributed by atoms with Crippen LogP contribution in [0, 0.1) is 13.8 Å². The summed E-state index contributed by atoms with van der Waals surface area (Å²) in [5, 5.41) is 0. The summed E-state index contributed by atoms with van der Waals surface area (Å²) < 4.78 is 61.8. The van der Waals surface area contributed by atoms with Crippen molar-refractivity contribution in [3.05, 3.63) is 83.4 Å². The van der Waals surface area contributed by atoms with Gasteiger partial charge in [0.05, 0.1) is 22.6 Å². The van der Waals surface area contributed by atoms with Gasteiger partial charge in [-0.1, -0.05) is 42.5 Å². The smallest absolute Gasteiger partial charge is 0.243 e. The van der Waals surface area contributed by atoms with Crippen LogP contribution in [-0.4, -0.2) is 72.3 Å². The van der Waals surface area contributed by atoms with Crippen LogP contribution in [0.25, 0.3) is 0 Å². The molecule has 3 aromatic rings. The third kappa shape index (κ3) is 5.88. The number of methoxy groups -OCH3 is 1. The van der Waals surface area contributed by atoms with Gasteiger partial charge >= 0.3 is 0 Å². The van der Waals surface area contributed by atoms with Gasteiger partial charge in [0.25, 0.3) is 0 Å². The molecule has 0 unspecified atom stereocenters. The van der Waals surface area contributed by atoms with E-state index in [1.165, 1.54) is 8.61 Å². The molecule has 0 amide bonds. The fraction of sp³-hybridized carbons (Fsp3) is 0.357. The number of benzene rings is 3. The van der Waals surface area contributed by atoms with E-state index in [4.69, 9.17) is 4.74 Å². The molecule has 0 N–H and O–H groups in total. The van der Waals surface area contributed by atoms with Gasteiger partial charge in [0.15, 0.2) is 0 Å². The highest BCUT2D eigenvalue weighted by Gasteiger charge is 2.31. The van der Waals surface area contributed by atoms with Crippen LogP contribution in [0.15, 0.2) is 76.5 Å². The lowest BCUT2D eigenvalue weighted by Gasteiger charge is -2.36. The summed E-state index contributed by atoms with van der Waals surface area (Å²) >= 11 is 0. The number of aryl methyl sites for hydroxylation is 2. The second-order valence-electron chi connectivity index (χ2n) is 9.56. The standard InChI is InChI=1S/C28H35N3O5S2/c1-22-10-11-23(2)28(20-22)38(34,35)31-18-16-30(17-19-31)26-21-25(12-13-27(26)36-4)37(32,33)29(3)15-14-24-8-6-5-7-9-24/h5-13,20-21H,14-19H2,1-4H3. The quantitative estimate of drug-likeness (QED) is 0.399. The van der Waals surface area contributed by atoms with E-state index in [9.17, 15) is 16.8 Å². The molecule has 204 valence electrons. The Bertz CT molecular complexity index is 1480. The average Bonchev–Trinajstić information content (AvgIpc) is 2.93. The van der Waals surface area contributed by atoms with Crippen molar-refractivity contribution in [1.29, 1.82) is 0 Å². The van der Waals surface area contributed by atoms with E-state index < -0.39 is 20.0 Å². The topological polar surface area (TPSA) is 87.2 Å². The SMILES string of the molecule is COc1ccc(S(=O)(=O)N(C)CCc2ccccc2)cc1N1CCN(S(=O)(=O)c2cc(C)ccc2C)CC1. The first-order valence-corrected chi connectivity index (χ1v) is 15.4. The third-order valence-electron chi connectivity index (χ3n) is 6.96. The van der Waals surface area contributed by atoms with Gasteiger partial charge in [0, 0.05) is 39.8 Å². The van der Waals surface area contributed by atoms with E-state index in [2.05, 4.69) is 0 Å². The van der Waals surface area contributed by atoms with Gasteiger partial charge < -0.3 is 9.64 Å². The van der Waals surface area contributed by atoms with Gasteiger partial charge in [-0.15, -0.1) is 0 Å². The molecule has 0 bridgehead atoms. The van der Waals surface area contributed by atoms with Crippen LogP contribution in [0.5, 0.6) is 5.75 Å². The van der Waals surface area contributed by atoms with Crippen molar-refractivity contribution >= 4 is 25.7 Å². The Hall–Kier alpha value is -2.92. The molecule has 1 heterocycles. The highest BCUT2D eigenvalue weighted by molar-refractivity contribution is 7.89. The molecular formula is C28H35N3O5S2. The average molecular weight is 558 g/mol. The fourth-order valence-electron chi connectivity index (χ4n) is 4.60. The van der Waals surface area contributed by atoms with E-state index in [-0.39, 0.29) is 18.0 Å². The van der Waals surface area contributed by atoms with Crippen molar-refractivity contribution < 1.29 is 21.6 Å². The van der Waals surface area contributed by atoms with Gasteiger partial charge in [-0.3, -0.25) is 0 Å². The van der Waals surface area contributed by atoms with Gasteiger partial charge in [0.2, 0.25) is 20.0 Å². The predicted molar refractivity (Wildman–Crippen MR) is 150 cm³/mol. The zero-order valence-corrected chi connectivity index (χ0v) is 23.9. The first-order chi connectivity index (χ1) is 18.0. The minimum absolute atomic E-state index is 0.175. The van der Waals surface area contributed by atoms with Crippen molar-refractivity contribution in [2.24, 2.45) is 0 Å². The molecule has 0 atom stereocenters. The molecule has 4 rings (SSSR count). The summed E-state index contributed by atoms with van der Waals surface area (Å²) in [6.07, 6.45) is 0.608. The summed E-state index contributed by atoms with van der Waals surface area (Å²) in [5.74, 6) is 0.543. The van der Waals surface area contributed by atoms with Crippen LogP contribution in [0.1, 0.15) is 16.7 Å². The molecule has 0 aliphatic carbocycles. The number of anilines is 1. The Kier molecular flexibility index (Phi) is 8.46. The highest BCUT2D eigenvalue weighted by atomic mass is 32.2. The molecular weight excluding hydrogens is 522 g/mol. The van der Waals surface area contributed by atoms with E-state index in [1.54, 1.807) is 45.3 Å². The molecule has 8 nitrogen and oxygen atoms in total. The zero-order valence-electron chi connectivity index (χ0n) is 22.3. The van der Waals surface area contributed by atoms with E-state index in [1.807, 2.05) is 54.3 Å². The molecule has 1 saturated heterocycles. The molecule has 3 aromatic carbocycles. The lowest BCUT2D eigenvalue weighted by atomic mass is 10.2. The Labute approximate surface area is 226 Å². The van der Waals surface area contributed by atoms with Crippen molar-refractivity contribution in [2.45, 2.75) is 30.1 Å². The molecule has 1 aliphatic rings. The van der Waals surface area contributed by atoms with Gasteiger partial charge in [0.1, 0.15) is 5.75 Å².